The molecule has 1 aromatic rings. The van der Waals surface area contributed by atoms with E-state index in [2.05, 4.69) is 10.6 Å². The lowest BCUT2D eigenvalue weighted by Gasteiger charge is -2.31. The zero-order chi connectivity index (χ0) is 18.0. The van der Waals surface area contributed by atoms with E-state index in [1.165, 1.54) is 6.07 Å². The van der Waals surface area contributed by atoms with Gasteiger partial charge in [0.05, 0.1) is 5.56 Å². The number of benzene rings is 1. The molecule has 8 heteroatoms. The Kier molecular flexibility index (Phi) is 4.87. The molecule has 3 rings (SSSR count). The summed E-state index contributed by atoms with van der Waals surface area (Å²) in [7, 11) is 0. The molecule has 2 N–H and O–H groups in total. The van der Waals surface area contributed by atoms with E-state index in [1.807, 2.05) is 0 Å². The second-order valence-corrected chi connectivity index (χ2v) is 6.43. The fourth-order valence-corrected chi connectivity index (χ4v) is 3.30. The van der Waals surface area contributed by atoms with Gasteiger partial charge in [0.25, 0.3) is 0 Å². The molecule has 1 aromatic carbocycles. The van der Waals surface area contributed by atoms with Gasteiger partial charge in [0, 0.05) is 30.9 Å². The van der Waals surface area contributed by atoms with Crippen LogP contribution in [-0.2, 0) is 15.8 Å². The fraction of sp³-hybridized carbons (Fsp3) is 0.529. The van der Waals surface area contributed by atoms with Crippen molar-refractivity contribution in [3.63, 3.8) is 0 Å². The molecule has 5 nitrogen and oxygen atoms in total. The molecule has 2 aliphatic heterocycles. The average molecular weight is 355 g/mol. The van der Waals surface area contributed by atoms with Crippen LogP contribution in [0.25, 0.3) is 0 Å². The largest absolute Gasteiger partial charge is 0.418 e. The van der Waals surface area contributed by atoms with Crippen molar-refractivity contribution < 1.29 is 22.8 Å². The molecule has 2 saturated heterocycles. The van der Waals surface area contributed by atoms with Gasteiger partial charge in [-0.2, -0.15) is 13.2 Å². The first-order valence-electron chi connectivity index (χ1n) is 8.41. The normalized spacial score (nSPS) is 21.9. The van der Waals surface area contributed by atoms with Crippen LogP contribution in [0.3, 0.4) is 0 Å². The maximum Gasteiger partial charge on any atom is 0.418 e. The number of alkyl halides is 3. The molecule has 1 atom stereocenters. The third-order valence-electron chi connectivity index (χ3n) is 4.58. The molecule has 2 fully saturated rings. The van der Waals surface area contributed by atoms with Crippen molar-refractivity contribution in [3.05, 3.63) is 23.8 Å². The summed E-state index contributed by atoms with van der Waals surface area (Å²) in [6.07, 6.45) is -1.25. The molecule has 2 aliphatic rings. The van der Waals surface area contributed by atoms with E-state index in [9.17, 15) is 22.8 Å². The minimum Gasteiger partial charge on any atom is -0.374 e. The van der Waals surface area contributed by atoms with Gasteiger partial charge in [0.1, 0.15) is 6.04 Å². The first-order valence-corrected chi connectivity index (χ1v) is 8.41. The average Bonchev–Trinajstić information content (AvgIpc) is 2.57. The van der Waals surface area contributed by atoms with Crippen molar-refractivity contribution in [1.29, 1.82) is 0 Å². The number of nitrogens with one attached hydrogen (secondary N) is 2. The second-order valence-electron chi connectivity index (χ2n) is 6.43. The summed E-state index contributed by atoms with van der Waals surface area (Å²) in [5.41, 5.74) is -0.296. The standard InChI is InChI=1S/C17H20F3N3O2/c18-17(19,20)12-10-11(21-13-5-7-15(24)22-16(13)25)4-6-14(12)23-8-2-1-3-9-23/h4,6,10,13,21H,1-3,5,7-9H2,(H,22,24,25). The van der Waals surface area contributed by atoms with Crippen LogP contribution in [0.5, 0.6) is 0 Å². The second kappa shape index (κ2) is 6.93. The number of hydrogen-bond acceptors (Lipinski definition) is 4. The Morgan fingerprint density at radius 1 is 1.12 bits per heavy atom. The van der Waals surface area contributed by atoms with Gasteiger partial charge in [-0.05, 0) is 43.9 Å². The summed E-state index contributed by atoms with van der Waals surface area (Å²) >= 11 is 0. The van der Waals surface area contributed by atoms with Crippen LogP contribution in [-0.4, -0.2) is 30.9 Å². The van der Waals surface area contributed by atoms with Crippen molar-refractivity contribution >= 4 is 23.2 Å². The summed E-state index contributed by atoms with van der Waals surface area (Å²) in [6, 6.07) is 3.36. The lowest BCUT2D eigenvalue weighted by atomic mass is 10.0. The molecule has 1 unspecified atom stereocenters. The van der Waals surface area contributed by atoms with E-state index in [0.29, 0.717) is 13.1 Å². The van der Waals surface area contributed by atoms with Crippen LogP contribution < -0.4 is 15.5 Å². The van der Waals surface area contributed by atoms with E-state index in [-0.39, 0.29) is 30.1 Å². The molecule has 2 amide bonds. The number of hydrogen-bond donors (Lipinski definition) is 2. The quantitative estimate of drug-likeness (QED) is 0.819. The first kappa shape index (κ1) is 17.6. The van der Waals surface area contributed by atoms with E-state index in [4.69, 9.17) is 0 Å². The molecule has 0 radical (unpaired) electrons. The minimum atomic E-state index is -4.48. The zero-order valence-corrected chi connectivity index (χ0v) is 13.7. The Bertz CT molecular complexity index is 670. The highest BCUT2D eigenvalue weighted by atomic mass is 19.4. The Labute approximate surface area is 143 Å². The number of halogens is 3. The number of piperidine rings is 2. The van der Waals surface area contributed by atoms with Crippen LogP contribution in [0.4, 0.5) is 24.5 Å². The number of carbonyl (C=O) groups is 2. The van der Waals surface area contributed by atoms with Crippen LogP contribution in [0.15, 0.2) is 18.2 Å². The van der Waals surface area contributed by atoms with E-state index in [1.54, 1.807) is 11.0 Å². The molecule has 0 aliphatic carbocycles. The van der Waals surface area contributed by atoms with Gasteiger partial charge in [0.2, 0.25) is 11.8 Å². The Balaban J connectivity index is 1.84. The summed E-state index contributed by atoms with van der Waals surface area (Å²) in [5.74, 6) is -0.871. The SMILES string of the molecule is O=C1CCC(Nc2ccc(N3CCCCC3)c(C(F)(F)F)c2)C(=O)N1. The molecule has 0 bridgehead atoms. The Morgan fingerprint density at radius 2 is 1.84 bits per heavy atom. The number of nitrogens with zero attached hydrogens (tertiary/aromatic N) is 1. The first-order chi connectivity index (χ1) is 11.8. The van der Waals surface area contributed by atoms with Crippen molar-refractivity contribution in [2.45, 2.75) is 44.3 Å². The molecular formula is C17H20F3N3O2. The van der Waals surface area contributed by atoms with Crippen molar-refractivity contribution in [1.82, 2.24) is 5.32 Å². The highest BCUT2D eigenvalue weighted by Crippen LogP contribution is 2.39. The summed E-state index contributed by atoms with van der Waals surface area (Å²) in [4.78, 5) is 24.7. The lowest BCUT2D eigenvalue weighted by molar-refractivity contribution is -0.137. The number of imide groups is 1. The zero-order valence-electron chi connectivity index (χ0n) is 13.7. The molecule has 136 valence electrons. The van der Waals surface area contributed by atoms with Crippen molar-refractivity contribution in [2.24, 2.45) is 0 Å². The molecule has 0 aromatic heterocycles. The molecule has 0 spiro atoms. The smallest absolute Gasteiger partial charge is 0.374 e. The van der Waals surface area contributed by atoms with Crippen LogP contribution >= 0.6 is 0 Å². The monoisotopic (exact) mass is 355 g/mol. The molecule has 25 heavy (non-hydrogen) atoms. The van der Waals surface area contributed by atoms with Crippen LogP contribution in [0, 0.1) is 0 Å². The van der Waals surface area contributed by atoms with E-state index >= 15 is 0 Å². The maximum absolute atomic E-state index is 13.5. The topological polar surface area (TPSA) is 61.4 Å². The predicted octanol–water partition coefficient (Wildman–Crippen LogP) is 2.91. The summed E-state index contributed by atoms with van der Waals surface area (Å²) in [5, 5.41) is 5.00. The molecule has 2 heterocycles. The lowest BCUT2D eigenvalue weighted by Crippen LogP contribution is -2.47. The van der Waals surface area contributed by atoms with Gasteiger partial charge in [-0.25, -0.2) is 0 Å². The van der Waals surface area contributed by atoms with E-state index < -0.39 is 23.7 Å². The minimum absolute atomic E-state index is 0.168. The molecule has 0 saturated carbocycles. The van der Waals surface area contributed by atoms with Crippen LogP contribution in [0.2, 0.25) is 0 Å². The third kappa shape index (κ3) is 4.05. The third-order valence-corrected chi connectivity index (χ3v) is 4.58. The van der Waals surface area contributed by atoms with Gasteiger partial charge in [-0.1, -0.05) is 0 Å². The fourth-order valence-electron chi connectivity index (χ4n) is 3.30. The predicted molar refractivity (Wildman–Crippen MR) is 87.3 cm³/mol. The number of rotatable bonds is 3. The number of anilines is 2. The van der Waals surface area contributed by atoms with Gasteiger partial charge < -0.3 is 10.2 Å². The summed E-state index contributed by atoms with van der Waals surface area (Å²) in [6.45, 7) is 1.23. The maximum atomic E-state index is 13.5. The Hall–Kier alpha value is -2.25. The van der Waals surface area contributed by atoms with Gasteiger partial charge >= 0.3 is 6.18 Å². The van der Waals surface area contributed by atoms with Crippen molar-refractivity contribution in [2.75, 3.05) is 23.3 Å². The van der Waals surface area contributed by atoms with Gasteiger partial charge in [0.15, 0.2) is 0 Å². The van der Waals surface area contributed by atoms with Gasteiger partial charge in [-0.15, -0.1) is 0 Å². The number of carbonyl (C=O) groups excluding carboxylic acids is 2. The van der Waals surface area contributed by atoms with Crippen molar-refractivity contribution in [3.8, 4) is 0 Å². The van der Waals surface area contributed by atoms with Gasteiger partial charge in [-0.3, -0.25) is 14.9 Å². The summed E-state index contributed by atoms with van der Waals surface area (Å²) < 4.78 is 40.5. The van der Waals surface area contributed by atoms with Crippen LogP contribution in [0.1, 0.15) is 37.7 Å². The Morgan fingerprint density at radius 3 is 2.48 bits per heavy atom. The highest BCUT2D eigenvalue weighted by Gasteiger charge is 2.36. The number of amides is 2. The molecular weight excluding hydrogens is 335 g/mol. The highest BCUT2D eigenvalue weighted by molar-refractivity contribution is 6.01. The van der Waals surface area contributed by atoms with E-state index in [0.717, 1.165) is 25.3 Å².